The van der Waals surface area contributed by atoms with Crippen molar-refractivity contribution in [2.45, 2.75) is 64.9 Å². The van der Waals surface area contributed by atoms with Gasteiger partial charge >= 0.3 is 142 Å². The molecule has 0 saturated carbocycles. The molecule has 0 bridgehead atoms. The van der Waals surface area contributed by atoms with Crippen molar-refractivity contribution in [1.82, 2.24) is 0 Å². The second-order valence-electron chi connectivity index (χ2n) is 4.95. The molecule has 0 fully saturated rings. The Hall–Kier alpha value is 0.846. The van der Waals surface area contributed by atoms with Gasteiger partial charge in [-0.1, -0.05) is 0 Å². The average Bonchev–Trinajstić information content (AvgIpc) is 2.33. The van der Waals surface area contributed by atoms with E-state index in [1.807, 2.05) is 0 Å². The van der Waals surface area contributed by atoms with Crippen LogP contribution in [0.15, 0.2) is 12.7 Å². The summed E-state index contributed by atoms with van der Waals surface area (Å²) in [5.41, 5.74) is -0.226. The van der Waals surface area contributed by atoms with Crippen LogP contribution in [0.1, 0.15) is 58.8 Å². The van der Waals surface area contributed by atoms with Gasteiger partial charge in [0.05, 0.1) is 0 Å². The summed E-state index contributed by atoms with van der Waals surface area (Å²) in [4.78, 5) is 11.2. The normalized spacial score (nSPS) is 14.1. The van der Waals surface area contributed by atoms with E-state index in [1.165, 1.54) is 44.6 Å². The number of hydrogen-bond donors (Lipinski definition) is 0. The molecule has 0 amide bonds. The molecule has 0 saturated heterocycles. The van der Waals surface area contributed by atoms with Crippen LogP contribution in [0.3, 0.4) is 0 Å². The molecule has 0 aliphatic carbocycles. The number of carbonyl (C=O) groups excluding carboxylic acids is 1. The molecular formula is C14H25KO2. The predicted molar refractivity (Wildman–Crippen MR) is 73.2 cm³/mol. The molecule has 0 aliphatic heterocycles. The van der Waals surface area contributed by atoms with Crippen LogP contribution in [0, 0.1) is 0 Å². The van der Waals surface area contributed by atoms with Gasteiger partial charge in [-0.25, -0.2) is 0 Å². The summed E-state index contributed by atoms with van der Waals surface area (Å²) in [6.07, 6.45) is 9.97. The Kier molecular flexibility index (Phi) is 11.3. The van der Waals surface area contributed by atoms with Gasteiger partial charge in [-0.3, -0.25) is 0 Å². The Labute approximate surface area is 140 Å². The molecule has 17 heavy (non-hydrogen) atoms. The third-order valence-corrected chi connectivity index (χ3v) is 5.66. The molecule has 0 aliphatic rings. The first-order chi connectivity index (χ1) is 8.08. The SMILES string of the molecule is C=CC(=O)OC(C)([CH2][K])CCCCCCCC. The molecule has 0 aromatic carbocycles. The summed E-state index contributed by atoms with van der Waals surface area (Å²) in [5, 5.41) is 0. The first-order valence-electron chi connectivity index (χ1n) is 6.93. The van der Waals surface area contributed by atoms with Gasteiger partial charge in [0.25, 0.3) is 0 Å². The fraction of sp³-hybridized carbons (Fsp3) is 0.786. The van der Waals surface area contributed by atoms with Crippen molar-refractivity contribution >= 4 is 54.9 Å². The Morgan fingerprint density at radius 2 is 1.88 bits per heavy atom. The monoisotopic (exact) mass is 264 g/mol. The standard InChI is InChI=1S/C14H25O2.K/c1-5-7-8-9-10-11-12-14(3,4)16-13(15)6-2;/h6H,2-3,5,7-12H2,1,4H3;. The molecule has 1 unspecified atom stereocenters. The fourth-order valence-corrected chi connectivity index (χ4v) is 2.64. The third-order valence-electron chi connectivity index (χ3n) is 3.32. The molecule has 0 N–H and O–H groups in total. The minimum absolute atomic E-state index is 0.226. The van der Waals surface area contributed by atoms with Crippen molar-refractivity contribution in [3.8, 4) is 0 Å². The van der Waals surface area contributed by atoms with Gasteiger partial charge < -0.3 is 0 Å². The molecule has 0 radical (unpaired) electrons. The number of esters is 1. The van der Waals surface area contributed by atoms with Crippen LogP contribution in [0.4, 0.5) is 0 Å². The molecular weight excluding hydrogens is 239 g/mol. The number of carbonyl (C=O) groups is 1. The Morgan fingerprint density at radius 3 is 2.41 bits per heavy atom. The number of unbranched alkanes of at least 4 members (excludes halogenated alkanes) is 5. The first-order valence-corrected chi connectivity index (χ1v) is 9.14. The van der Waals surface area contributed by atoms with E-state index in [0.29, 0.717) is 49.0 Å². The molecule has 3 heteroatoms. The Bertz CT molecular complexity index is 228. The van der Waals surface area contributed by atoms with Crippen LogP contribution >= 0.6 is 0 Å². The summed E-state index contributed by atoms with van der Waals surface area (Å²) in [6.45, 7) is 7.74. The van der Waals surface area contributed by atoms with Gasteiger partial charge in [0.1, 0.15) is 0 Å². The zero-order valence-electron chi connectivity index (χ0n) is 11.8. The van der Waals surface area contributed by atoms with Gasteiger partial charge in [0, 0.05) is 0 Å². The maximum absolute atomic E-state index is 11.2. The molecule has 0 heterocycles. The van der Waals surface area contributed by atoms with E-state index in [-0.39, 0.29) is 11.6 Å². The first kappa shape index (κ1) is 17.8. The second-order valence-corrected chi connectivity index (χ2v) is 6.05. The van der Waals surface area contributed by atoms with E-state index in [0.717, 1.165) is 6.94 Å². The van der Waals surface area contributed by atoms with E-state index in [4.69, 9.17) is 4.74 Å². The quantitative estimate of drug-likeness (QED) is 0.259. The molecule has 1 atom stereocenters. The molecule has 0 aromatic heterocycles. The van der Waals surface area contributed by atoms with Crippen molar-refractivity contribution in [2.24, 2.45) is 0 Å². The molecule has 0 spiro atoms. The summed E-state index contributed by atoms with van der Waals surface area (Å²) in [7, 11) is 0. The van der Waals surface area contributed by atoms with Gasteiger partial charge in [-0.05, 0) is 0 Å². The average molecular weight is 264 g/mol. The van der Waals surface area contributed by atoms with Crippen LogP contribution in [0.5, 0.6) is 0 Å². The summed E-state index contributed by atoms with van der Waals surface area (Å²) < 4.78 is 6.50. The predicted octanol–water partition coefficient (Wildman–Crippen LogP) is 3.81. The van der Waals surface area contributed by atoms with E-state index in [2.05, 4.69) is 20.4 Å². The second kappa shape index (κ2) is 10.7. The van der Waals surface area contributed by atoms with Crippen LogP contribution in [0.25, 0.3) is 0 Å². The minimum atomic E-state index is -0.275. The number of hydrogen-bond acceptors (Lipinski definition) is 2. The van der Waals surface area contributed by atoms with Crippen LogP contribution < -0.4 is 0 Å². The summed E-state index contributed by atoms with van der Waals surface area (Å²) >= 11 is 0.714. The molecule has 0 aromatic rings. The van der Waals surface area contributed by atoms with Gasteiger partial charge in [-0.15, -0.1) is 0 Å². The van der Waals surface area contributed by atoms with Crippen molar-refractivity contribution in [3.63, 3.8) is 0 Å². The fourth-order valence-electron chi connectivity index (χ4n) is 1.86. The van der Waals surface area contributed by atoms with Crippen LogP contribution in [-0.2, 0) is 9.53 Å². The Balaban J connectivity index is 3.79. The van der Waals surface area contributed by atoms with Crippen molar-refractivity contribution < 1.29 is 9.53 Å². The zero-order chi connectivity index (χ0) is 13.1. The zero-order valence-corrected chi connectivity index (χ0v) is 14.9. The van der Waals surface area contributed by atoms with E-state index >= 15 is 0 Å². The van der Waals surface area contributed by atoms with Gasteiger partial charge in [-0.2, -0.15) is 0 Å². The number of rotatable bonds is 10. The van der Waals surface area contributed by atoms with E-state index in [1.54, 1.807) is 0 Å². The van der Waals surface area contributed by atoms with Crippen molar-refractivity contribution in [2.75, 3.05) is 0 Å². The summed E-state index contributed by atoms with van der Waals surface area (Å²) in [5.74, 6) is -0.275. The molecule has 0 rings (SSSR count). The van der Waals surface area contributed by atoms with Crippen molar-refractivity contribution in [3.05, 3.63) is 12.7 Å². The van der Waals surface area contributed by atoms with E-state index in [9.17, 15) is 4.79 Å². The summed E-state index contributed by atoms with van der Waals surface area (Å²) in [6, 6.07) is 0. The third kappa shape index (κ3) is 9.43. The van der Waals surface area contributed by atoms with Gasteiger partial charge in [0.15, 0.2) is 0 Å². The van der Waals surface area contributed by atoms with Crippen LogP contribution in [-0.4, -0.2) is 60.5 Å². The van der Waals surface area contributed by atoms with E-state index < -0.39 is 0 Å². The topological polar surface area (TPSA) is 26.3 Å². The Morgan fingerprint density at radius 1 is 1.29 bits per heavy atom. The maximum atomic E-state index is 11.2. The molecule has 94 valence electrons. The van der Waals surface area contributed by atoms with Crippen LogP contribution in [0.2, 0.25) is 0.515 Å². The number of ether oxygens (including phenoxy) is 1. The van der Waals surface area contributed by atoms with Crippen molar-refractivity contribution in [1.29, 1.82) is 0 Å². The van der Waals surface area contributed by atoms with Gasteiger partial charge in [0.2, 0.25) is 0 Å². The molecule has 2 nitrogen and oxygen atoms in total.